The van der Waals surface area contributed by atoms with E-state index in [4.69, 9.17) is 4.74 Å². The van der Waals surface area contributed by atoms with Crippen molar-refractivity contribution in [3.8, 4) is 5.75 Å². The van der Waals surface area contributed by atoms with Gasteiger partial charge in [-0.1, -0.05) is 12.1 Å². The van der Waals surface area contributed by atoms with Gasteiger partial charge < -0.3 is 9.64 Å². The Balaban J connectivity index is 1.73. The second-order valence-corrected chi connectivity index (χ2v) is 4.70. The third-order valence-electron chi connectivity index (χ3n) is 2.99. The van der Waals surface area contributed by atoms with Crippen molar-refractivity contribution >= 4 is 5.91 Å². The molecule has 3 heteroatoms. The van der Waals surface area contributed by atoms with Crippen LogP contribution in [-0.2, 0) is 4.79 Å². The molecule has 92 valence electrons. The Bertz CT molecular complexity index is 399. The highest BCUT2D eigenvalue weighted by molar-refractivity contribution is 5.80. The van der Waals surface area contributed by atoms with E-state index in [-0.39, 0.29) is 5.91 Å². The number of likely N-dealkylation sites (N-methyl/N-ethyl adjacent to an activating group) is 1. The minimum absolute atomic E-state index is 0.262. The molecule has 0 aromatic heterocycles. The number of rotatable bonds is 5. The number of hydrogen-bond donors (Lipinski definition) is 0. The molecule has 0 saturated heterocycles. The minimum Gasteiger partial charge on any atom is -0.492 e. The van der Waals surface area contributed by atoms with Crippen molar-refractivity contribution in [1.29, 1.82) is 0 Å². The predicted octanol–water partition coefficient (Wildman–Crippen LogP) is 2.24. The molecule has 3 nitrogen and oxygen atoms in total. The lowest BCUT2D eigenvalue weighted by Gasteiger charge is -2.17. The summed E-state index contributed by atoms with van der Waals surface area (Å²) in [7, 11) is 1.85. The van der Waals surface area contributed by atoms with Crippen LogP contribution in [0.2, 0.25) is 0 Å². The molecule has 1 aliphatic carbocycles. The van der Waals surface area contributed by atoms with Crippen LogP contribution >= 0.6 is 0 Å². The average molecular weight is 233 g/mol. The van der Waals surface area contributed by atoms with Crippen molar-refractivity contribution in [2.24, 2.45) is 5.92 Å². The highest BCUT2D eigenvalue weighted by Gasteiger charge is 2.31. The van der Waals surface area contributed by atoms with Crippen LogP contribution < -0.4 is 4.74 Å². The number of carbonyl (C=O) groups is 1. The zero-order valence-corrected chi connectivity index (χ0v) is 10.5. The van der Waals surface area contributed by atoms with Gasteiger partial charge in [0.15, 0.2) is 0 Å². The van der Waals surface area contributed by atoms with Gasteiger partial charge in [0.1, 0.15) is 12.4 Å². The Labute approximate surface area is 102 Å². The molecule has 2 rings (SSSR count). The Kier molecular flexibility index (Phi) is 3.67. The van der Waals surface area contributed by atoms with Gasteiger partial charge >= 0.3 is 0 Å². The smallest absolute Gasteiger partial charge is 0.225 e. The fraction of sp³-hybridized carbons (Fsp3) is 0.500. The molecule has 1 fully saturated rings. The van der Waals surface area contributed by atoms with E-state index in [2.05, 4.69) is 0 Å². The van der Waals surface area contributed by atoms with Gasteiger partial charge in [0.2, 0.25) is 5.91 Å². The third-order valence-corrected chi connectivity index (χ3v) is 2.99. The standard InChI is InChI=1S/C14H19NO2/c1-11-4-3-5-13(10-11)17-9-8-15(2)14(16)12-6-7-12/h3-5,10,12H,6-9H2,1-2H3. The van der Waals surface area contributed by atoms with E-state index >= 15 is 0 Å². The summed E-state index contributed by atoms with van der Waals surface area (Å²) in [5.74, 6) is 1.43. The van der Waals surface area contributed by atoms with Crippen LogP contribution in [0.5, 0.6) is 5.75 Å². The molecule has 1 aromatic carbocycles. The van der Waals surface area contributed by atoms with Crippen LogP contribution in [0.15, 0.2) is 24.3 Å². The van der Waals surface area contributed by atoms with Crippen LogP contribution in [0.1, 0.15) is 18.4 Å². The van der Waals surface area contributed by atoms with Crippen LogP contribution in [0.3, 0.4) is 0 Å². The molecular formula is C14H19NO2. The summed E-state index contributed by atoms with van der Waals surface area (Å²) in [5.41, 5.74) is 1.19. The lowest BCUT2D eigenvalue weighted by molar-refractivity contribution is -0.131. The predicted molar refractivity (Wildman–Crippen MR) is 67.0 cm³/mol. The van der Waals surface area contributed by atoms with Gasteiger partial charge in [-0.25, -0.2) is 0 Å². The molecule has 0 N–H and O–H groups in total. The molecule has 0 atom stereocenters. The zero-order valence-electron chi connectivity index (χ0n) is 10.5. The van der Waals surface area contributed by atoms with Gasteiger partial charge in [-0.3, -0.25) is 4.79 Å². The van der Waals surface area contributed by atoms with Gasteiger partial charge in [-0.2, -0.15) is 0 Å². The topological polar surface area (TPSA) is 29.5 Å². The first-order chi connectivity index (χ1) is 8.16. The number of aryl methyl sites for hydroxylation is 1. The summed E-state index contributed by atoms with van der Waals surface area (Å²) in [6.07, 6.45) is 2.11. The van der Waals surface area contributed by atoms with Gasteiger partial charge in [0, 0.05) is 13.0 Å². The fourth-order valence-corrected chi connectivity index (χ4v) is 1.76. The first-order valence-corrected chi connectivity index (χ1v) is 6.11. The molecule has 1 aromatic rings. The number of amides is 1. The monoisotopic (exact) mass is 233 g/mol. The maximum Gasteiger partial charge on any atom is 0.225 e. The van der Waals surface area contributed by atoms with Crippen LogP contribution in [0, 0.1) is 12.8 Å². The Morgan fingerprint density at radius 3 is 2.88 bits per heavy atom. The van der Waals surface area contributed by atoms with Gasteiger partial charge in [-0.05, 0) is 37.5 Å². The number of hydrogen-bond acceptors (Lipinski definition) is 2. The summed E-state index contributed by atoms with van der Waals surface area (Å²) >= 11 is 0. The average Bonchev–Trinajstić information content (AvgIpc) is 3.12. The van der Waals surface area contributed by atoms with E-state index in [1.165, 1.54) is 5.56 Å². The van der Waals surface area contributed by atoms with Crippen molar-refractivity contribution in [1.82, 2.24) is 4.90 Å². The maximum absolute atomic E-state index is 11.7. The molecule has 0 heterocycles. The Morgan fingerprint density at radius 2 is 2.24 bits per heavy atom. The highest BCUT2D eigenvalue weighted by Crippen LogP contribution is 2.30. The molecule has 0 bridgehead atoms. The second-order valence-electron chi connectivity index (χ2n) is 4.70. The van der Waals surface area contributed by atoms with Crippen molar-refractivity contribution < 1.29 is 9.53 Å². The number of ether oxygens (including phenoxy) is 1. The Hall–Kier alpha value is -1.51. The van der Waals surface area contributed by atoms with Crippen LogP contribution in [0.4, 0.5) is 0 Å². The van der Waals surface area contributed by atoms with Gasteiger partial charge in [-0.15, -0.1) is 0 Å². The fourth-order valence-electron chi connectivity index (χ4n) is 1.76. The number of carbonyl (C=O) groups excluding carboxylic acids is 1. The van der Waals surface area contributed by atoms with E-state index in [1.807, 2.05) is 38.2 Å². The van der Waals surface area contributed by atoms with Gasteiger partial charge in [0.25, 0.3) is 0 Å². The lowest BCUT2D eigenvalue weighted by atomic mass is 10.2. The van der Waals surface area contributed by atoms with Gasteiger partial charge in [0.05, 0.1) is 6.54 Å². The molecule has 0 aliphatic heterocycles. The molecule has 1 aliphatic rings. The highest BCUT2D eigenvalue weighted by atomic mass is 16.5. The van der Waals surface area contributed by atoms with E-state index in [9.17, 15) is 4.79 Å². The van der Waals surface area contributed by atoms with Crippen molar-refractivity contribution in [3.63, 3.8) is 0 Å². The zero-order chi connectivity index (χ0) is 12.3. The first-order valence-electron chi connectivity index (χ1n) is 6.11. The van der Waals surface area contributed by atoms with E-state index in [0.717, 1.165) is 18.6 Å². The molecule has 0 radical (unpaired) electrons. The first kappa shape index (κ1) is 12.0. The lowest BCUT2D eigenvalue weighted by Crippen LogP contribution is -2.31. The second kappa shape index (κ2) is 5.21. The van der Waals surface area contributed by atoms with Crippen LogP contribution in [0.25, 0.3) is 0 Å². The molecule has 0 spiro atoms. The maximum atomic E-state index is 11.7. The van der Waals surface area contributed by atoms with E-state index in [0.29, 0.717) is 19.1 Å². The molecule has 0 unspecified atom stereocenters. The minimum atomic E-state index is 0.262. The summed E-state index contributed by atoms with van der Waals surface area (Å²) in [6, 6.07) is 7.96. The third kappa shape index (κ3) is 3.48. The SMILES string of the molecule is Cc1cccc(OCCN(C)C(=O)C2CC2)c1. The Morgan fingerprint density at radius 1 is 1.47 bits per heavy atom. The largest absolute Gasteiger partial charge is 0.492 e. The quantitative estimate of drug-likeness (QED) is 0.780. The number of benzene rings is 1. The van der Waals surface area contributed by atoms with E-state index in [1.54, 1.807) is 4.90 Å². The molecule has 17 heavy (non-hydrogen) atoms. The number of nitrogens with zero attached hydrogens (tertiary/aromatic N) is 1. The summed E-state index contributed by atoms with van der Waals surface area (Å²) in [5, 5.41) is 0. The summed E-state index contributed by atoms with van der Waals surface area (Å²) < 4.78 is 5.61. The molecule has 1 saturated carbocycles. The van der Waals surface area contributed by atoms with E-state index < -0.39 is 0 Å². The van der Waals surface area contributed by atoms with Crippen LogP contribution in [-0.4, -0.2) is 31.0 Å². The normalized spacial score (nSPS) is 14.5. The van der Waals surface area contributed by atoms with Crippen molar-refractivity contribution in [3.05, 3.63) is 29.8 Å². The van der Waals surface area contributed by atoms with Crippen molar-refractivity contribution in [2.45, 2.75) is 19.8 Å². The molecular weight excluding hydrogens is 214 g/mol. The summed E-state index contributed by atoms with van der Waals surface area (Å²) in [4.78, 5) is 13.4. The van der Waals surface area contributed by atoms with Crippen molar-refractivity contribution in [2.75, 3.05) is 20.2 Å². The summed E-state index contributed by atoms with van der Waals surface area (Å²) in [6.45, 7) is 3.25. The molecule has 1 amide bonds.